The zero-order chi connectivity index (χ0) is 24.1. The van der Waals surface area contributed by atoms with Crippen LogP contribution in [0.15, 0.2) is 59.3 Å². The molecule has 1 saturated carbocycles. The van der Waals surface area contributed by atoms with Crippen LogP contribution in [0.5, 0.6) is 0 Å². The second kappa shape index (κ2) is 7.94. The molecule has 0 unspecified atom stereocenters. The Morgan fingerprint density at radius 1 is 1.00 bits per heavy atom. The van der Waals surface area contributed by atoms with Gasteiger partial charge in [-0.1, -0.05) is 29.5 Å². The zero-order valence-electron chi connectivity index (χ0n) is 19.1. The highest BCUT2D eigenvalue weighted by molar-refractivity contribution is 6.01. The quantitative estimate of drug-likeness (QED) is 0.334. The van der Waals surface area contributed by atoms with Crippen LogP contribution in [0.2, 0.25) is 0 Å². The van der Waals surface area contributed by atoms with Gasteiger partial charge in [-0.05, 0) is 55.0 Å². The van der Waals surface area contributed by atoms with Crippen LogP contribution in [0.4, 0.5) is 11.6 Å². The SMILES string of the molecule is O=C(Nc1ccc2[nH]nnc2c1)C1(c2nnc(-c3cnc(NC4Cc5ccccc5C4)nc3)o2)CC1. The molecule has 1 fully saturated rings. The van der Waals surface area contributed by atoms with E-state index < -0.39 is 5.41 Å². The summed E-state index contributed by atoms with van der Waals surface area (Å²) in [5.41, 5.74) is 4.60. The van der Waals surface area contributed by atoms with Crippen molar-refractivity contribution in [1.82, 2.24) is 35.6 Å². The molecule has 36 heavy (non-hydrogen) atoms. The number of aromatic nitrogens is 7. The highest BCUT2D eigenvalue weighted by Gasteiger charge is 2.56. The van der Waals surface area contributed by atoms with Crippen molar-refractivity contribution in [3.05, 3.63) is 71.9 Å². The fourth-order valence-corrected chi connectivity index (χ4v) is 4.72. The third-order valence-corrected chi connectivity index (χ3v) is 6.89. The first-order chi connectivity index (χ1) is 17.7. The highest BCUT2D eigenvalue weighted by atomic mass is 16.4. The van der Waals surface area contributed by atoms with Gasteiger partial charge in [-0.2, -0.15) is 0 Å². The van der Waals surface area contributed by atoms with Gasteiger partial charge in [0.1, 0.15) is 10.9 Å². The molecule has 2 aliphatic carbocycles. The number of nitrogens with zero attached hydrogens (tertiary/aromatic N) is 6. The molecule has 178 valence electrons. The topological polar surface area (TPSA) is 147 Å². The summed E-state index contributed by atoms with van der Waals surface area (Å²) in [6.07, 6.45) is 6.48. The van der Waals surface area contributed by atoms with Crippen molar-refractivity contribution in [2.24, 2.45) is 0 Å². The van der Waals surface area contributed by atoms with Gasteiger partial charge in [-0.3, -0.25) is 9.89 Å². The maximum Gasteiger partial charge on any atom is 0.250 e. The summed E-state index contributed by atoms with van der Waals surface area (Å²) < 4.78 is 5.92. The molecule has 0 atom stereocenters. The summed E-state index contributed by atoms with van der Waals surface area (Å²) in [4.78, 5) is 22.0. The number of fused-ring (bicyclic) bond motifs is 2. The monoisotopic (exact) mass is 479 g/mol. The number of hydrogen-bond donors (Lipinski definition) is 3. The molecule has 5 aromatic rings. The molecule has 0 bridgehead atoms. The zero-order valence-corrected chi connectivity index (χ0v) is 19.1. The Kier molecular flexibility index (Phi) is 4.56. The number of hydrogen-bond acceptors (Lipinski definition) is 9. The smallest absolute Gasteiger partial charge is 0.250 e. The number of amides is 1. The number of nitrogens with one attached hydrogen (secondary N) is 3. The van der Waals surface area contributed by atoms with Crippen LogP contribution in [-0.4, -0.2) is 47.5 Å². The average molecular weight is 480 g/mol. The second-order valence-corrected chi connectivity index (χ2v) is 9.31. The van der Waals surface area contributed by atoms with E-state index in [-0.39, 0.29) is 17.8 Å². The molecule has 7 rings (SSSR count). The molecular weight excluding hydrogens is 458 g/mol. The van der Waals surface area contributed by atoms with Crippen molar-refractivity contribution in [3.63, 3.8) is 0 Å². The van der Waals surface area contributed by atoms with E-state index in [9.17, 15) is 4.79 Å². The van der Waals surface area contributed by atoms with E-state index in [2.05, 4.69) is 70.5 Å². The number of anilines is 2. The number of carbonyl (C=O) groups is 1. The van der Waals surface area contributed by atoms with E-state index in [1.165, 1.54) is 11.1 Å². The van der Waals surface area contributed by atoms with Crippen molar-refractivity contribution < 1.29 is 9.21 Å². The van der Waals surface area contributed by atoms with Gasteiger partial charge in [-0.15, -0.1) is 15.3 Å². The third-order valence-electron chi connectivity index (χ3n) is 6.89. The van der Waals surface area contributed by atoms with Gasteiger partial charge >= 0.3 is 0 Å². The Balaban J connectivity index is 1.04. The van der Waals surface area contributed by atoms with Gasteiger partial charge < -0.3 is 15.1 Å². The van der Waals surface area contributed by atoms with Crippen molar-refractivity contribution in [3.8, 4) is 11.5 Å². The van der Waals surface area contributed by atoms with Crippen LogP contribution < -0.4 is 10.6 Å². The Hall–Kier alpha value is -4.67. The lowest BCUT2D eigenvalue weighted by Crippen LogP contribution is -2.28. The average Bonchev–Trinajstić information content (AvgIpc) is 3.24. The predicted octanol–water partition coefficient (Wildman–Crippen LogP) is 3.05. The fourth-order valence-electron chi connectivity index (χ4n) is 4.72. The first kappa shape index (κ1) is 20.7. The summed E-state index contributed by atoms with van der Waals surface area (Å²) in [7, 11) is 0. The van der Waals surface area contributed by atoms with Gasteiger partial charge in [0.05, 0.1) is 11.1 Å². The molecule has 2 aromatic carbocycles. The summed E-state index contributed by atoms with van der Waals surface area (Å²) in [6, 6.07) is 14.1. The lowest BCUT2D eigenvalue weighted by molar-refractivity contribution is -0.119. The van der Waals surface area contributed by atoms with E-state index in [1.807, 2.05) is 6.07 Å². The van der Waals surface area contributed by atoms with Gasteiger partial charge in [-0.25, -0.2) is 9.97 Å². The number of rotatable bonds is 6. The second-order valence-electron chi connectivity index (χ2n) is 9.31. The standard InChI is InChI=1S/C25H21N9O2/c35-22(28-17-5-6-19-20(11-17)31-34-30-19)25(7-8-25)23-33-32-21(36-23)16-12-26-24(27-13-16)29-18-9-14-3-1-2-4-15(14)10-18/h1-6,11-13,18H,7-10H2,(H,28,35)(H,26,27,29)(H,30,31,34). The molecule has 0 aliphatic heterocycles. The van der Waals surface area contributed by atoms with Crippen LogP contribution in [0.25, 0.3) is 22.5 Å². The minimum absolute atomic E-state index is 0.186. The lowest BCUT2D eigenvalue weighted by atomic mass is 10.1. The van der Waals surface area contributed by atoms with Crippen LogP contribution in [-0.2, 0) is 23.1 Å². The number of H-pyrrole nitrogens is 1. The van der Waals surface area contributed by atoms with Crippen molar-refractivity contribution in [1.29, 1.82) is 0 Å². The molecule has 11 nitrogen and oxygen atoms in total. The third kappa shape index (κ3) is 3.56. The molecule has 3 aromatic heterocycles. The minimum Gasteiger partial charge on any atom is -0.419 e. The molecule has 3 N–H and O–H groups in total. The van der Waals surface area contributed by atoms with Gasteiger partial charge in [0, 0.05) is 24.1 Å². The maximum atomic E-state index is 13.1. The Bertz CT molecular complexity index is 1560. The van der Waals surface area contributed by atoms with Gasteiger partial charge in [0.25, 0.3) is 5.89 Å². The Labute approximate surface area is 204 Å². The molecule has 0 saturated heterocycles. The number of benzene rings is 2. The predicted molar refractivity (Wildman–Crippen MR) is 130 cm³/mol. The van der Waals surface area contributed by atoms with E-state index in [4.69, 9.17) is 4.42 Å². The van der Waals surface area contributed by atoms with Crippen molar-refractivity contribution in [2.45, 2.75) is 37.1 Å². The molecule has 0 radical (unpaired) electrons. The van der Waals surface area contributed by atoms with Crippen LogP contribution in [0.1, 0.15) is 29.9 Å². The maximum absolute atomic E-state index is 13.1. The van der Waals surface area contributed by atoms with Crippen LogP contribution in [0, 0.1) is 0 Å². The summed E-state index contributed by atoms with van der Waals surface area (Å²) >= 11 is 0. The highest BCUT2D eigenvalue weighted by Crippen LogP contribution is 2.48. The normalized spacial score (nSPS) is 16.1. The van der Waals surface area contributed by atoms with E-state index in [0.717, 1.165) is 18.4 Å². The van der Waals surface area contributed by atoms with E-state index >= 15 is 0 Å². The molecule has 3 heterocycles. The van der Waals surface area contributed by atoms with Crippen molar-refractivity contribution >= 4 is 28.6 Å². The number of carbonyl (C=O) groups excluding carboxylic acids is 1. The summed E-state index contributed by atoms with van der Waals surface area (Å²) in [5.74, 6) is 0.948. The molecule has 2 aliphatic rings. The number of aromatic amines is 1. The molecular formula is C25H21N9O2. The van der Waals surface area contributed by atoms with Gasteiger partial charge in [0.2, 0.25) is 17.7 Å². The Morgan fingerprint density at radius 2 is 1.78 bits per heavy atom. The van der Waals surface area contributed by atoms with Crippen molar-refractivity contribution in [2.75, 3.05) is 10.6 Å². The minimum atomic E-state index is -0.829. The molecule has 0 spiro atoms. The largest absolute Gasteiger partial charge is 0.419 e. The fraction of sp³-hybridized carbons (Fsp3) is 0.240. The Morgan fingerprint density at radius 3 is 2.53 bits per heavy atom. The summed E-state index contributed by atoms with van der Waals surface area (Å²) in [6.45, 7) is 0. The molecule has 1 amide bonds. The first-order valence-electron chi connectivity index (χ1n) is 11.8. The van der Waals surface area contributed by atoms with E-state index in [0.29, 0.717) is 41.4 Å². The van der Waals surface area contributed by atoms with Crippen LogP contribution >= 0.6 is 0 Å². The van der Waals surface area contributed by atoms with Gasteiger partial charge in [0.15, 0.2) is 0 Å². The first-order valence-corrected chi connectivity index (χ1v) is 11.8. The summed E-state index contributed by atoms with van der Waals surface area (Å²) in [5, 5.41) is 25.2. The lowest BCUT2D eigenvalue weighted by Gasteiger charge is -2.12. The van der Waals surface area contributed by atoms with Crippen LogP contribution in [0.3, 0.4) is 0 Å². The van der Waals surface area contributed by atoms with E-state index in [1.54, 1.807) is 24.5 Å². The molecule has 11 heteroatoms.